The van der Waals surface area contributed by atoms with Crippen LogP contribution in [0.1, 0.15) is 21.5 Å². The highest BCUT2D eigenvalue weighted by Gasteiger charge is 2.29. The van der Waals surface area contributed by atoms with Crippen molar-refractivity contribution in [3.63, 3.8) is 0 Å². The third-order valence-electron chi connectivity index (χ3n) is 4.42. The van der Waals surface area contributed by atoms with Crippen molar-refractivity contribution >= 4 is 21.4 Å². The SMILES string of the molecule is Cc1ccc(NC(=O)c2cccc(CS(=O)(=O)c3ccccc3)c2)c(OCC(F)(F)F)c1. The number of amides is 1. The van der Waals surface area contributed by atoms with Crippen molar-refractivity contribution in [1.82, 2.24) is 0 Å². The molecule has 9 heteroatoms. The average Bonchev–Trinajstić information content (AvgIpc) is 2.74. The Labute approximate surface area is 183 Å². The van der Waals surface area contributed by atoms with Gasteiger partial charge in [-0.05, 0) is 54.4 Å². The van der Waals surface area contributed by atoms with E-state index < -0.39 is 28.5 Å². The van der Waals surface area contributed by atoms with Crippen LogP contribution in [0.5, 0.6) is 5.75 Å². The van der Waals surface area contributed by atoms with Gasteiger partial charge in [0.05, 0.1) is 16.3 Å². The van der Waals surface area contributed by atoms with Gasteiger partial charge in [0.15, 0.2) is 16.4 Å². The zero-order valence-electron chi connectivity index (χ0n) is 17.0. The fourth-order valence-electron chi connectivity index (χ4n) is 2.94. The maximum atomic E-state index is 12.7. The first-order valence-electron chi connectivity index (χ1n) is 9.52. The number of halogens is 3. The van der Waals surface area contributed by atoms with Gasteiger partial charge in [-0.3, -0.25) is 4.79 Å². The molecule has 0 aliphatic rings. The maximum absolute atomic E-state index is 12.7. The zero-order valence-corrected chi connectivity index (χ0v) is 17.8. The molecule has 168 valence electrons. The van der Waals surface area contributed by atoms with Crippen LogP contribution in [0.3, 0.4) is 0 Å². The lowest BCUT2D eigenvalue weighted by molar-refractivity contribution is -0.153. The molecule has 0 saturated carbocycles. The van der Waals surface area contributed by atoms with Gasteiger partial charge in [0.1, 0.15) is 5.75 Å². The van der Waals surface area contributed by atoms with E-state index in [-0.39, 0.29) is 27.6 Å². The standard InChI is InChI=1S/C23H20F3NO4S/c1-16-10-11-20(21(12-16)31-15-23(24,25)26)27-22(28)18-7-5-6-17(13-18)14-32(29,30)19-8-3-2-4-9-19/h2-13H,14-15H2,1H3,(H,27,28). The topological polar surface area (TPSA) is 72.5 Å². The summed E-state index contributed by atoms with van der Waals surface area (Å²) in [6, 6.07) is 18.4. The smallest absolute Gasteiger partial charge is 0.422 e. The quantitative estimate of drug-likeness (QED) is 0.525. The number of anilines is 1. The molecule has 1 N–H and O–H groups in total. The molecule has 0 radical (unpaired) electrons. The minimum Gasteiger partial charge on any atom is -0.482 e. The number of sulfone groups is 1. The van der Waals surface area contributed by atoms with E-state index in [4.69, 9.17) is 4.74 Å². The summed E-state index contributed by atoms with van der Waals surface area (Å²) in [4.78, 5) is 12.9. The summed E-state index contributed by atoms with van der Waals surface area (Å²) in [5.41, 5.74) is 1.30. The van der Waals surface area contributed by atoms with Crippen LogP contribution in [0.4, 0.5) is 18.9 Å². The number of ether oxygens (including phenoxy) is 1. The number of alkyl halides is 3. The fourth-order valence-corrected chi connectivity index (χ4v) is 4.30. The van der Waals surface area contributed by atoms with Crippen molar-refractivity contribution in [2.24, 2.45) is 0 Å². The Kier molecular flexibility index (Phi) is 6.88. The van der Waals surface area contributed by atoms with Gasteiger partial charge < -0.3 is 10.1 Å². The third kappa shape index (κ3) is 6.34. The molecular weight excluding hydrogens is 443 g/mol. The molecule has 32 heavy (non-hydrogen) atoms. The Morgan fingerprint density at radius 2 is 1.69 bits per heavy atom. The van der Waals surface area contributed by atoms with Gasteiger partial charge in [-0.1, -0.05) is 36.4 Å². The van der Waals surface area contributed by atoms with Crippen LogP contribution in [0.25, 0.3) is 0 Å². The van der Waals surface area contributed by atoms with Gasteiger partial charge in [0.2, 0.25) is 0 Å². The van der Waals surface area contributed by atoms with Gasteiger partial charge in [-0.25, -0.2) is 8.42 Å². The first-order chi connectivity index (χ1) is 15.0. The normalized spacial score (nSPS) is 11.8. The number of aryl methyl sites for hydroxylation is 1. The van der Waals surface area contributed by atoms with E-state index >= 15 is 0 Å². The minimum atomic E-state index is -4.52. The number of carbonyl (C=O) groups excluding carboxylic acids is 1. The summed E-state index contributed by atoms with van der Waals surface area (Å²) < 4.78 is 67.7. The van der Waals surface area contributed by atoms with E-state index in [0.717, 1.165) is 0 Å². The van der Waals surface area contributed by atoms with Gasteiger partial charge in [0.25, 0.3) is 5.91 Å². The molecule has 0 heterocycles. The summed E-state index contributed by atoms with van der Waals surface area (Å²) in [5, 5.41) is 2.53. The van der Waals surface area contributed by atoms with Crippen LogP contribution in [0, 0.1) is 6.92 Å². The van der Waals surface area contributed by atoms with Crippen molar-refractivity contribution in [3.8, 4) is 5.75 Å². The molecule has 3 aromatic rings. The van der Waals surface area contributed by atoms with Gasteiger partial charge in [0, 0.05) is 5.56 Å². The second-order valence-electron chi connectivity index (χ2n) is 7.13. The summed E-state index contributed by atoms with van der Waals surface area (Å²) in [7, 11) is -3.61. The second kappa shape index (κ2) is 9.44. The van der Waals surface area contributed by atoms with Crippen molar-refractivity contribution in [3.05, 3.63) is 89.5 Å². The number of carbonyl (C=O) groups is 1. The van der Waals surface area contributed by atoms with E-state index in [1.165, 1.54) is 36.4 Å². The highest BCUT2D eigenvalue weighted by atomic mass is 32.2. The van der Waals surface area contributed by atoms with Crippen molar-refractivity contribution in [1.29, 1.82) is 0 Å². The summed E-state index contributed by atoms with van der Waals surface area (Å²) in [6.45, 7) is 0.189. The minimum absolute atomic E-state index is 0.0761. The number of hydrogen-bond acceptors (Lipinski definition) is 4. The predicted molar refractivity (Wildman–Crippen MR) is 114 cm³/mol. The fraction of sp³-hybridized carbons (Fsp3) is 0.174. The van der Waals surface area contributed by atoms with E-state index in [9.17, 15) is 26.4 Å². The number of hydrogen-bond donors (Lipinski definition) is 1. The molecule has 0 aliphatic carbocycles. The molecule has 0 aliphatic heterocycles. The first-order valence-corrected chi connectivity index (χ1v) is 11.2. The van der Waals surface area contributed by atoms with Crippen molar-refractivity contribution in [2.45, 2.75) is 23.7 Å². The molecule has 0 spiro atoms. The lowest BCUT2D eigenvalue weighted by atomic mass is 10.1. The Morgan fingerprint density at radius 1 is 0.969 bits per heavy atom. The lowest BCUT2D eigenvalue weighted by Gasteiger charge is -2.15. The highest BCUT2D eigenvalue weighted by molar-refractivity contribution is 7.90. The molecule has 1 amide bonds. The predicted octanol–water partition coefficient (Wildman–Crippen LogP) is 5.16. The van der Waals surface area contributed by atoms with Crippen molar-refractivity contribution in [2.75, 3.05) is 11.9 Å². The first kappa shape index (κ1) is 23.3. The molecule has 0 bridgehead atoms. The third-order valence-corrected chi connectivity index (χ3v) is 6.13. The molecule has 3 aromatic carbocycles. The largest absolute Gasteiger partial charge is 0.482 e. The molecular formula is C23H20F3NO4S. The number of nitrogens with one attached hydrogen (secondary N) is 1. The highest BCUT2D eigenvalue weighted by Crippen LogP contribution is 2.28. The Hall–Kier alpha value is -3.33. The van der Waals surface area contributed by atoms with Gasteiger partial charge in [-0.15, -0.1) is 0 Å². The summed E-state index contributed by atoms with van der Waals surface area (Å²) >= 11 is 0. The lowest BCUT2D eigenvalue weighted by Crippen LogP contribution is -2.20. The van der Waals surface area contributed by atoms with Crippen LogP contribution in [0.2, 0.25) is 0 Å². The summed E-state index contributed by atoms with van der Waals surface area (Å²) in [5.74, 6) is -1.02. The summed E-state index contributed by atoms with van der Waals surface area (Å²) in [6.07, 6.45) is -4.52. The molecule has 0 saturated heterocycles. The van der Waals surface area contributed by atoms with E-state index in [2.05, 4.69) is 5.32 Å². The number of benzene rings is 3. The Bertz CT molecular complexity index is 1210. The maximum Gasteiger partial charge on any atom is 0.422 e. The Morgan fingerprint density at radius 3 is 2.38 bits per heavy atom. The monoisotopic (exact) mass is 463 g/mol. The van der Waals surface area contributed by atoms with Crippen molar-refractivity contribution < 1.29 is 31.1 Å². The zero-order chi connectivity index (χ0) is 23.4. The Balaban J connectivity index is 1.78. The van der Waals surface area contributed by atoms with E-state index in [0.29, 0.717) is 11.1 Å². The number of rotatable bonds is 7. The van der Waals surface area contributed by atoms with E-state index in [1.54, 1.807) is 43.3 Å². The second-order valence-corrected chi connectivity index (χ2v) is 9.12. The van der Waals surface area contributed by atoms with Crippen LogP contribution < -0.4 is 10.1 Å². The van der Waals surface area contributed by atoms with Crippen LogP contribution in [-0.4, -0.2) is 27.1 Å². The van der Waals surface area contributed by atoms with Crippen LogP contribution in [0.15, 0.2) is 77.7 Å². The van der Waals surface area contributed by atoms with Gasteiger partial charge >= 0.3 is 6.18 Å². The molecule has 0 aromatic heterocycles. The molecule has 0 unspecified atom stereocenters. The molecule has 5 nitrogen and oxygen atoms in total. The molecule has 0 fully saturated rings. The van der Waals surface area contributed by atoms with E-state index in [1.807, 2.05) is 0 Å². The molecule has 3 rings (SSSR count). The molecule has 0 atom stereocenters. The van der Waals surface area contributed by atoms with Crippen LogP contribution in [-0.2, 0) is 15.6 Å². The van der Waals surface area contributed by atoms with Crippen LogP contribution >= 0.6 is 0 Å². The average molecular weight is 463 g/mol. The van der Waals surface area contributed by atoms with Gasteiger partial charge in [-0.2, -0.15) is 13.2 Å².